The second-order valence-electron chi connectivity index (χ2n) is 20.6. The second-order valence-corrected chi connectivity index (χ2v) is 20.6. The molecule has 22 aliphatic carbocycles. The maximum atomic E-state index is 6.67. The SMILES string of the molecule is CC#Cc1cc2ccc1-c1ccc(cc1)-c1ccc(cc1)-c1ccc(cc1)-c1ccc(c(C#Cc3oc(C)c(CCCCCCCC)c3CCCCCCCC)c1)-c1ccc(cc1)-c1ccc(cc1)-c1ccc-2cc1. The molecule has 8 aromatic carbocycles. The van der Waals surface area contributed by atoms with Gasteiger partial charge in [0.2, 0.25) is 0 Å². The predicted molar refractivity (Wildman–Crippen MR) is 320 cm³/mol. The first-order chi connectivity index (χ1) is 37.0. The van der Waals surface area contributed by atoms with Gasteiger partial charge in [-0.05, 0) is 152 Å². The number of aryl methyl sites for hydroxylation is 1. The molecular weight excluding hydrogens is 905 g/mol. The largest absolute Gasteiger partial charge is 0.452 e. The van der Waals surface area contributed by atoms with E-state index >= 15 is 0 Å². The van der Waals surface area contributed by atoms with Crippen LogP contribution in [0.25, 0.3) is 89.0 Å². The highest BCUT2D eigenvalue weighted by Gasteiger charge is 2.18. The summed E-state index contributed by atoms with van der Waals surface area (Å²) in [4.78, 5) is 0. The summed E-state index contributed by atoms with van der Waals surface area (Å²) in [5, 5.41) is 0. The van der Waals surface area contributed by atoms with E-state index in [-0.39, 0.29) is 0 Å². The van der Waals surface area contributed by atoms with E-state index in [1.807, 2.05) is 6.92 Å². The zero-order chi connectivity index (χ0) is 51.3. The number of furan rings is 1. The van der Waals surface area contributed by atoms with Crippen LogP contribution in [0, 0.1) is 30.6 Å². The van der Waals surface area contributed by atoms with Crippen molar-refractivity contribution < 1.29 is 4.42 Å². The van der Waals surface area contributed by atoms with Gasteiger partial charge in [-0.3, -0.25) is 0 Å². The number of hydrogen-bond donors (Lipinski definition) is 0. The molecule has 1 nitrogen and oxygen atoms in total. The van der Waals surface area contributed by atoms with Gasteiger partial charge in [-0.1, -0.05) is 260 Å². The highest BCUT2D eigenvalue weighted by molar-refractivity contribution is 5.82. The van der Waals surface area contributed by atoms with Crippen molar-refractivity contribution in [3.63, 3.8) is 0 Å². The monoisotopic (exact) mass is 975 g/mol. The maximum absolute atomic E-state index is 6.67. The van der Waals surface area contributed by atoms with E-state index in [0.29, 0.717) is 0 Å². The minimum Gasteiger partial charge on any atom is -0.452 e. The van der Waals surface area contributed by atoms with E-state index in [1.54, 1.807) is 0 Å². The molecule has 16 bridgehead atoms. The first-order valence-electron chi connectivity index (χ1n) is 27.9. The van der Waals surface area contributed by atoms with Gasteiger partial charge in [-0.25, -0.2) is 0 Å². The summed E-state index contributed by atoms with van der Waals surface area (Å²) in [5.74, 6) is 15.8. The van der Waals surface area contributed by atoms with E-state index in [2.05, 4.69) is 226 Å². The van der Waals surface area contributed by atoms with Crippen LogP contribution in [0.5, 0.6) is 0 Å². The Hall–Kier alpha value is -7.84. The highest BCUT2D eigenvalue weighted by Crippen LogP contribution is 2.36. The highest BCUT2D eigenvalue weighted by atomic mass is 16.3. The molecule has 372 valence electrons. The third-order valence-electron chi connectivity index (χ3n) is 15.4. The summed E-state index contributed by atoms with van der Waals surface area (Å²) < 4.78 is 6.67. The van der Waals surface area contributed by atoms with Crippen molar-refractivity contribution in [2.24, 2.45) is 0 Å². The number of rotatable bonds is 14. The normalized spacial score (nSPS) is 11.2. The Morgan fingerprint density at radius 3 is 0.960 bits per heavy atom. The fraction of sp³-hybridized carbons (Fsp3) is 0.243. The first kappa shape index (κ1) is 50.7. The summed E-state index contributed by atoms with van der Waals surface area (Å²) in [6.45, 7) is 8.65. The number of hydrogen-bond acceptors (Lipinski definition) is 1. The Balaban J connectivity index is 1.02. The summed E-state index contributed by atoms with van der Waals surface area (Å²) in [6.07, 6.45) is 17.4. The Morgan fingerprint density at radius 1 is 0.307 bits per heavy atom. The third-order valence-corrected chi connectivity index (χ3v) is 15.4. The van der Waals surface area contributed by atoms with Gasteiger partial charge >= 0.3 is 0 Å². The van der Waals surface area contributed by atoms with Crippen LogP contribution in [-0.4, -0.2) is 0 Å². The number of unbranched alkanes of at least 4 members (excludes halogenated alkanes) is 10. The van der Waals surface area contributed by atoms with Crippen molar-refractivity contribution in [2.45, 2.75) is 118 Å². The van der Waals surface area contributed by atoms with Crippen LogP contribution < -0.4 is 0 Å². The third kappa shape index (κ3) is 12.1. The van der Waals surface area contributed by atoms with Crippen LogP contribution in [-0.2, 0) is 12.8 Å². The summed E-state index contributed by atoms with van der Waals surface area (Å²) >= 11 is 0. The molecule has 0 spiro atoms. The van der Waals surface area contributed by atoms with Crippen LogP contribution in [0.2, 0.25) is 0 Å². The quantitative estimate of drug-likeness (QED) is 0.0782. The van der Waals surface area contributed by atoms with Gasteiger partial charge in [0.05, 0.1) is 0 Å². The van der Waals surface area contributed by atoms with E-state index in [4.69, 9.17) is 4.42 Å². The Morgan fingerprint density at radius 2 is 0.600 bits per heavy atom. The van der Waals surface area contributed by atoms with Crippen molar-refractivity contribution >= 4 is 0 Å². The van der Waals surface area contributed by atoms with E-state index in [1.165, 1.54) is 138 Å². The first-order valence-corrected chi connectivity index (χ1v) is 27.9. The molecule has 1 heterocycles. The molecule has 75 heavy (non-hydrogen) atoms. The average Bonchev–Trinajstić information content (AvgIpc) is 3.77. The fourth-order valence-corrected chi connectivity index (χ4v) is 11.0. The molecule has 0 saturated heterocycles. The zero-order valence-corrected chi connectivity index (χ0v) is 44.6. The van der Waals surface area contributed by atoms with Gasteiger partial charge in [-0.15, -0.1) is 5.92 Å². The van der Waals surface area contributed by atoms with Crippen LogP contribution in [0.4, 0.5) is 0 Å². The van der Waals surface area contributed by atoms with Gasteiger partial charge in [0.15, 0.2) is 5.76 Å². The lowest BCUT2D eigenvalue weighted by Gasteiger charge is -2.12. The molecule has 31 rings (SSSR count). The van der Waals surface area contributed by atoms with E-state index in [0.717, 1.165) is 74.4 Å². The molecule has 0 saturated carbocycles. The molecule has 22 aliphatic rings. The lowest BCUT2D eigenvalue weighted by molar-refractivity contribution is 0.513. The molecule has 1 aromatic heterocycles. The fourth-order valence-electron chi connectivity index (χ4n) is 11.0. The molecule has 0 radical (unpaired) electrons. The average molecular weight is 975 g/mol. The molecule has 1 heteroatoms. The van der Waals surface area contributed by atoms with E-state index < -0.39 is 0 Å². The topological polar surface area (TPSA) is 13.1 Å². The molecule has 9 aromatic rings. The molecular formula is C74H70O. The summed E-state index contributed by atoms with van der Waals surface area (Å²) in [7, 11) is 0. The molecule has 0 N–H and O–H groups in total. The van der Waals surface area contributed by atoms with Gasteiger partial charge in [0.25, 0.3) is 0 Å². The summed E-state index contributed by atoms with van der Waals surface area (Å²) in [6, 6.07) is 67.1. The molecule has 0 amide bonds. The van der Waals surface area contributed by atoms with Crippen LogP contribution >= 0.6 is 0 Å². The van der Waals surface area contributed by atoms with Crippen molar-refractivity contribution in [3.05, 3.63) is 216 Å². The second kappa shape index (κ2) is 24.5. The van der Waals surface area contributed by atoms with Gasteiger partial charge < -0.3 is 4.42 Å². The van der Waals surface area contributed by atoms with Gasteiger partial charge in [0.1, 0.15) is 5.76 Å². The van der Waals surface area contributed by atoms with Crippen LogP contribution in [0.3, 0.4) is 0 Å². The molecule has 0 fully saturated rings. The Kier molecular flexibility index (Phi) is 16.5. The van der Waals surface area contributed by atoms with Crippen molar-refractivity contribution in [1.29, 1.82) is 0 Å². The van der Waals surface area contributed by atoms with Crippen molar-refractivity contribution in [2.75, 3.05) is 0 Å². The minimum absolute atomic E-state index is 0.852. The van der Waals surface area contributed by atoms with Gasteiger partial charge in [-0.2, -0.15) is 0 Å². The Labute approximate surface area is 448 Å². The molecule has 0 atom stereocenters. The van der Waals surface area contributed by atoms with Gasteiger partial charge in [0, 0.05) is 16.7 Å². The van der Waals surface area contributed by atoms with Crippen LogP contribution in [0.1, 0.15) is 132 Å². The lowest BCUT2D eigenvalue weighted by atomic mass is 9.92. The van der Waals surface area contributed by atoms with Crippen molar-refractivity contribution in [1.82, 2.24) is 0 Å². The zero-order valence-electron chi connectivity index (χ0n) is 44.6. The lowest BCUT2D eigenvalue weighted by Crippen LogP contribution is -1.96. The van der Waals surface area contributed by atoms with Crippen LogP contribution in [0.15, 0.2) is 186 Å². The van der Waals surface area contributed by atoms with E-state index in [9.17, 15) is 0 Å². The minimum atomic E-state index is 0.852. The Bertz CT molecular complexity index is 3470. The summed E-state index contributed by atoms with van der Waals surface area (Å²) in [5.41, 5.74) is 23.4. The van der Waals surface area contributed by atoms with Crippen molar-refractivity contribution in [3.8, 4) is 113 Å². The number of benzene rings is 8. The standard InChI is InChI=1S/C74H70O/c1-5-8-10-12-14-16-19-70-53(4)75-74(73(70)20-17-15-13-11-9-6-2)50-47-69-52-67-46-49-72(69)65-43-39-61(40-44-65)57-27-23-54(24-28-57)58-29-33-62(34-30-58)66-45-48-71(68(51-66)18-7-3)64-41-37-60(38-42-64)56-25-21-55(22-26-56)59-31-35-63(67)36-32-59/h21-46,48-49,51-52H,5-6,8-17,19-20H2,1-4H3. The maximum Gasteiger partial charge on any atom is 0.180 e. The molecule has 0 unspecified atom stereocenters. The molecule has 0 aliphatic heterocycles. The smallest absolute Gasteiger partial charge is 0.180 e. The predicted octanol–water partition coefficient (Wildman–Crippen LogP) is 20.8.